The van der Waals surface area contributed by atoms with Gasteiger partial charge in [-0.2, -0.15) is 0 Å². The lowest BCUT2D eigenvalue weighted by Gasteiger charge is -2.34. The molecule has 1 fully saturated rings. The number of hydrogen-bond acceptors (Lipinski definition) is 3. The first kappa shape index (κ1) is 20.1. The smallest absolute Gasteiger partial charge is 0.157 e. The van der Waals surface area contributed by atoms with Crippen LogP contribution in [0.15, 0.2) is 60.7 Å². The van der Waals surface area contributed by atoms with Crippen molar-refractivity contribution >= 4 is 0 Å². The molecule has 0 bridgehead atoms. The molecule has 1 aliphatic heterocycles. The number of nitrogens with one attached hydrogen (secondary N) is 1. The van der Waals surface area contributed by atoms with Crippen LogP contribution < -0.4 is 5.32 Å². The summed E-state index contributed by atoms with van der Waals surface area (Å²) in [4.78, 5) is 0. The third kappa shape index (κ3) is 6.46. The van der Waals surface area contributed by atoms with E-state index in [2.05, 4.69) is 79.8 Å². The molecule has 0 spiro atoms. The van der Waals surface area contributed by atoms with E-state index >= 15 is 0 Å². The Balaban J connectivity index is 1.40. The summed E-state index contributed by atoms with van der Waals surface area (Å²) in [5.74, 6) is 0.437. The van der Waals surface area contributed by atoms with Crippen molar-refractivity contribution in [3.8, 4) is 0 Å². The van der Waals surface area contributed by atoms with Gasteiger partial charge >= 0.3 is 0 Å². The first-order chi connectivity index (χ1) is 13.1. The van der Waals surface area contributed by atoms with E-state index in [0.717, 1.165) is 45.6 Å². The summed E-state index contributed by atoms with van der Waals surface area (Å²) in [5, 5.41) is 3.60. The van der Waals surface area contributed by atoms with Gasteiger partial charge in [-0.1, -0.05) is 74.5 Å². The minimum atomic E-state index is -0.0267. The molecule has 2 aromatic carbocycles. The SMILES string of the molecule is CC1(C)COC(CCCNCCC(c2ccccc2)c2ccccc2)OC1. The highest BCUT2D eigenvalue weighted by molar-refractivity contribution is 5.32. The standard InChI is InChI=1S/C24H33NO2/c1-24(2)18-26-23(27-19-24)14-9-16-25-17-15-22(20-10-5-3-6-11-20)21-12-7-4-8-13-21/h3-8,10-13,22-23,25H,9,14-19H2,1-2H3. The van der Waals surface area contributed by atoms with Gasteiger partial charge in [-0.15, -0.1) is 0 Å². The fraction of sp³-hybridized carbons (Fsp3) is 0.500. The highest BCUT2D eigenvalue weighted by Crippen LogP contribution is 2.27. The first-order valence-corrected chi connectivity index (χ1v) is 10.2. The van der Waals surface area contributed by atoms with Crippen LogP contribution in [0.2, 0.25) is 0 Å². The van der Waals surface area contributed by atoms with E-state index in [-0.39, 0.29) is 11.7 Å². The third-order valence-electron chi connectivity index (χ3n) is 5.13. The van der Waals surface area contributed by atoms with E-state index in [4.69, 9.17) is 9.47 Å². The van der Waals surface area contributed by atoms with Gasteiger partial charge in [0.25, 0.3) is 0 Å². The Morgan fingerprint density at radius 1 is 0.889 bits per heavy atom. The van der Waals surface area contributed by atoms with E-state index in [0.29, 0.717) is 5.92 Å². The van der Waals surface area contributed by atoms with Crippen LogP contribution in [0.3, 0.4) is 0 Å². The van der Waals surface area contributed by atoms with Gasteiger partial charge in [-0.25, -0.2) is 0 Å². The van der Waals surface area contributed by atoms with Crippen molar-refractivity contribution in [2.75, 3.05) is 26.3 Å². The second-order valence-corrected chi connectivity index (χ2v) is 8.27. The van der Waals surface area contributed by atoms with Crippen molar-refractivity contribution in [1.82, 2.24) is 5.32 Å². The molecule has 0 unspecified atom stereocenters. The Morgan fingerprint density at radius 2 is 1.44 bits per heavy atom. The van der Waals surface area contributed by atoms with Crippen molar-refractivity contribution in [2.24, 2.45) is 5.41 Å². The zero-order valence-electron chi connectivity index (χ0n) is 16.7. The fourth-order valence-corrected chi connectivity index (χ4v) is 3.56. The Kier molecular flexibility index (Phi) is 7.45. The van der Waals surface area contributed by atoms with E-state index < -0.39 is 0 Å². The molecule has 0 atom stereocenters. The van der Waals surface area contributed by atoms with E-state index in [1.54, 1.807) is 0 Å². The Morgan fingerprint density at radius 3 is 2.00 bits per heavy atom. The van der Waals surface area contributed by atoms with Gasteiger partial charge in [0, 0.05) is 11.3 Å². The Hall–Kier alpha value is -1.68. The summed E-state index contributed by atoms with van der Waals surface area (Å²) < 4.78 is 11.6. The van der Waals surface area contributed by atoms with Crippen LogP contribution in [0.5, 0.6) is 0 Å². The zero-order valence-corrected chi connectivity index (χ0v) is 16.7. The van der Waals surface area contributed by atoms with Crippen molar-refractivity contribution < 1.29 is 9.47 Å². The summed E-state index contributed by atoms with van der Waals surface area (Å²) in [7, 11) is 0. The maximum atomic E-state index is 5.80. The van der Waals surface area contributed by atoms with Crippen molar-refractivity contribution in [2.45, 2.75) is 45.3 Å². The average molecular weight is 368 g/mol. The zero-order chi connectivity index (χ0) is 19.0. The van der Waals surface area contributed by atoms with Crippen LogP contribution in [0.4, 0.5) is 0 Å². The quantitative estimate of drug-likeness (QED) is 0.634. The summed E-state index contributed by atoms with van der Waals surface area (Å²) >= 11 is 0. The summed E-state index contributed by atoms with van der Waals surface area (Å²) in [6.07, 6.45) is 3.11. The number of rotatable bonds is 9. The largest absolute Gasteiger partial charge is 0.352 e. The minimum absolute atomic E-state index is 0.0267. The van der Waals surface area contributed by atoms with Crippen molar-refractivity contribution in [1.29, 1.82) is 0 Å². The predicted molar refractivity (Wildman–Crippen MR) is 111 cm³/mol. The molecule has 146 valence electrons. The van der Waals surface area contributed by atoms with E-state index in [1.807, 2.05) is 0 Å². The molecule has 2 aromatic rings. The van der Waals surface area contributed by atoms with Crippen LogP contribution in [-0.2, 0) is 9.47 Å². The summed E-state index contributed by atoms with van der Waals surface area (Å²) in [5.41, 5.74) is 2.92. The van der Waals surface area contributed by atoms with Crippen LogP contribution in [0, 0.1) is 5.41 Å². The molecular formula is C24H33NO2. The molecule has 27 heavy (non-hydrogen) atoms. The highest BCUT2D eigenvalue weighted by atomic mass is 16.7. The molecular weight excluding hydrogens is 334 g/mol. The second kappa shape index (κ2) is 10.0. The van der Waals surface area contributed by atoms with Crippen molar-refractivity contribution in [3.63, 3.8) is 0 Å². The minimum Gasteiger partial charge on any atom is -0.352 e. The fourth-order valence-electron chi connectivity index (χ4n) is 3.56. The first-order valence-electron chi connectivity index (χ1n) is 10.2. The molecule has 3 heteroatoms. The lowest BCUT2D eigenvalue weighted by molar-refractivity contribution is -0.223. The molecule has 0 radical (unpaired) electrons. The molecule has 3 nitrogen and oxygen atoms in total. The predicted octanol–water partition coefficient (Wildman–Crippen LogP) is 4.98. The number of benzene rings is 2. The van der Waals surface area contributed by atoms with Gasteiger partial charge in [0.15, 0.2) is 6.29 Å². The summed E-state index contributed by atoms with van der Waals surface area (Å²) in [6, 6.07) is 21.6. The molecule has 0 aromatic heterocycles. The Bertz CT molecular complexity index is 607. The maximum Gasteiger partial charge on any atom is 0.157 e. The number of hydrogen-bond donors (Lipinski definition) is 1. The normalized spacial score (nSPS) is 17.3. The van der Waals surface area contributed by atoms with Crippen LogP contribution in [0.1, 0.15) is 50.2 Å². The number of ether oxygens (including phenoxy) is 2. The molecule has 1 heterocycles. The molecule has 1 saturated heterocycles. The van der Waals surface area contributed by atoms with Gasteiger partial charge < -0.3 is 14.8 Å². The topological polar surface area (TPSA) is 30.5 Å². The van der Waals surface area contributed by atoms with Gasteiger partial charge in [0.05, 0.1) is 13.2 Å². The van der Waals surface area contributed by atoms with Crippen LogP contribution >= 0.6 is 0 Å². The third-order valence-corrected chi connectivity index (χ3v) is 5.13. The van der Waals surface area contributed by atoms with Gasteiger partial charge in [0.1, 0.15) is 0 Å². The molecule has 0 amide bonds. The maximum absolute atomic E-state index is 5.80. The van der Waals surface area contributed by atoms with Gasteiger partial charge in [-0.05, 0) is 43.5 Å². The molecule has 0 saturated carbocycles. The lowest BCUT2D eigenvalue weighted by Crippen LogP contribution is -2.38. The lowest BCUT2D eigenvalue weighted by atomic mass is 9.88. The highest BCUT2D eigenvalue weighted by Gasteiger charge is 2.27. The van der Waals surface area contributed by atoms with Crippen LogP contribution in [-0.4, -0.2) is 32.6 Å². The molecule has 1 aliphatic rings. The molecule has 1 N–H and O–H groups in total. The van der Waals surface area contributed by atoms with Gasteiger partial charge in [0.2, 0.25) is 0 Å². The molecule has 0 aliphatic carbocycles. The van der Waals surface area contributed by atoms with Crippen molar-refractivity contribution in [3.05, 3.63) is 71.8 Å². The Labute approximate surface area is 164 Å². The van der Waals surface area contributed by atoms with E-state index in [1.165, 1.54) is 11.1 Å². The average Bonchev–Trinajstić information content (AvgIpc) is 2.70. The summed E-state index contributed by atoms with van der Waals surface area (Å²) in [6.45, 7) is 7.96. The monoisotopic (exact) mass is 367 g/mol. The van der Waals surface area contributed by atoms with Gasteiger partial charge in [-0.3, -0.25) is 0 Å². The van der Waals surface area contributed by atoms with E-state index in [9.17, 15) is 0 Å². The molecule has 3 rings (SSSR count). The van der Waals surface area contributed by atoms with Crippen LogP contribution in [0.25, 0.3) is 0 Å². The second-order valence-electron chi connectivity index (χ2n) is 8.27.